The van der Waals surface area contributed by atoms with Crippen molar-refractivity contribution in [1.82, 2.24) is 15.1 Å². The Morgan fingerprint density at radius 3 is 2.89 bits per heavy atom. The second-order valence-electron chi connectivity index (χ2n) is 5.45. The lowest BCUT2D eigenvalue weighted by molar-refractivity contribution is 0.308. The minimum absolute atomic E-state index is 0.392. The van der Waals surface area contributed by atoms with E-state index in [1.54, 1.807) is 6.20 Å². The van der Waals surface area contributed by atoms with Crippen LogP contribution in [-0.4, -0.2) is 29.5 Å². The van der Waals surface area contributed by atoms with Crippen LogP contribution in [0.2, 0.25) is 0 Å². The summed E-state index contributed by atoms with van der Waals surface area (Å²) in [5.74, 6) is 1.76. The average molecular weight is 251 g/mol. The summed E-state index contributed by atoms with van der Waals surface area (Å²) >= 11 is 0. The van der Waals surface area contributed by atoms with Crippen molar-refractivity contribution in [3.63, 3.8) is 0 Å². The third-order valence-electron chi connectivity index (χ3n) is 3.56. The molecule has 0 bridgehead atoms. The van der Waals surface area contributed by atoms with Crippen molar-refractivity contribution >= 4 is 0 Å². The zero-order valence-electron chi connectivity index (χ0n) is 11.6. The molecule has 4 nitrogen and oxygen atoms in total. The SMILES string of the molecule is CC(C)n1cc(OCCNCC2CCCC2)cn1. The second kappa shape index (κ2) is 6.78. The van der Waals surface area contributed by atoms with Crippen LogP contribution in [0.4, 0.5) is 0 Å². The molecule has 1 aliphatic carbocycles. The van der Waals surface area contributed by atoms with Crippen LogP contribution >= 0.6 is 0 Å². The van der Waals surface area contributed by atoms with Crippen LogP contribution in [0.3, 0.4) is 0 Å². The van der Waals surface area contributed by atoms with Gasteiger partial charge in [0.05, 0.1) is 12.4 Å². The predicted molar refractivity (Wildman–Crippen MR) is 72.9 cm³/mol. The van der Waals surface area contributed by atoms with Gasteiger partial charge in [-0.1, -0.05) is 12.8 Å². The fourth-order valence-electron chi connectivity index (χ4n) is 2.44. The van der Waals surface area contributed by atoms with Crippen LogP contribution in [0.15, 0.2) is 12.4 Å². The van der Waals surface area contributed by atoms with Crippen LogP contribution in [0.5, 0.6) is 5.75 Å². The number of rotatable bonds is 7. The molecule has 2 rings (SSSR count). The normalized spacial score (nSPS) is 16.6. The van der Waals surface area contributed by atoms with Gasteiger partial charge >= 0.3 is 0 Å². The minimum atomic E-state index is 0.392. The summed E-state index contributed by atoms with van der Waals surface area (Å²) in [7, 11) is 0. The topological polar surface area (TPSA) is 39.1 Å². The fourth-order valence-corrected chi connectivity index (χ4v) is 2.44. The molecule has 1 fully saturated rings. The van der Waals surface area contributed by atoms with Crippen LogP contribution in [0.25, 0.3) is 0 Å². The molecule has 18 heavy (non-hydrogen) atoms. The van der Waals surface area contributed by atoms with Crippen molar-refractivity contribution in [3.8, 4) is 5.75 Å². The summed E-state index contributed by atoms with van der Waals surface area (Å²) in [6.07, 6.45) is 9.37. The van der Waals surface area contributed by atoms with E-state index >= 15 is 0 Å². The highest BCUT2D eigenvalue weighted by molar-refractivity contribution is 5.11. The molecule has 1 N–H and O–H groups in total. The quantitative estimate of drug-likeness (QED) is 0.757. The van der Waals surface area contributed by atoms with E-state index < -0.39 is 0 Å². The minimum Gasteiger partial charge on any atom is -0.489 e. The predicted octanol–water partition coefficient (Wildman–Crippen LogP) is 2.62. The molecular weight excluding hydrogens is 226 g/mol. The molecule has 0 atom stereocenters. The van der Waals surface area contributed by atoms with E-state index in [0.717, 1.165) is 31.4 Å². The Morgan fingerprint density at radius 1 is 1.44 bits per heavy atom. The lowest BCUT2D eigenvalue weighted by Crippen LogP contribution is -2.26. The Balaban J connectivity index is 1.56. The van der Waals surface area contributed by atoms with Crippen molar-refractivity contribution in [2.75, 3.05) is 19.7 Å². The highest BCUT2D eigenvalue weighted by atomic mass is 16.5. The molecule has 1 aromatic rings. The van der Waals surface area contributed by atoms with Crippen molar-refractivity contribution in [1.29, 1.82) is 0 Å². The van der Waals surface area contributed by atoms with Crippen molar-refractivity contribution < 1.29 is 4.74 Å². The zero-order valence-corrected chi connectivity index (χ0v) is 11.6. The molecule has 4 heteroatoms. The maximum Gasteiger partial charge on any atom is 0.157 e. The Hall–Kier alpha value is -1.03. The maximum absolute atomic E-state index is 5.66. The summed E-state index contributed by atoms with van der Waals surface area (Å²) in [6.45, 7) is 7.01. The number of hydrogen-bond donors (Lipinski definition) is 1. The molecule has 0 amide bonds. The highest BCUT2D eigenvalue weighted by Crippen LogP contribution is 2.23. The number of ether oxygens (including phenoxy) is 1. The summed E-state index contributed by atoms with van der Waals surface area (Å²) in [4.78, 5) is 0. The van der Waals surface area contributed by atoms with Gasteiger partial charge in [-0.3, -0.25) is 4.68 Å². The number of nitrogens with zero attached hydrogens (tertiary/aromatic N) is 2. The molecule has 0 aromatic carbocycles. The van der Waals surface area contributed by atoms with E-state index in [9.17, 15) is 0 Å². The molecular formula is C14H25N3O. The Kier molecular flexibility index (Phi) is 5.05. The van der Waals surface area contributed by atoms with Crippen molar-refractivity contribution in [3.05, 3.63) is 12.4 Å². The smallest absolute Gasteiger partial charge is 0.157 e. The van der Waals surface area contributed by atoms with Gasteiger partial charge in [0.15, 0.2) is 5.75 Å². The van der Waals surface area contributed by atoms with E-state index in [1.165, 1.54) is 25.7 Å². The highest BCUT2D eigenvalue weighted by Gasteiger charge is 2.13. The molecule has 102 valence electrons. The first-order valence-electron chi connectivity index (χ1n) is 7.13. The monoisotopic (exact) mass is 251 g/mol. The van der Waals surface area contributed by atoms with E-state index in [2.05, 4.69) is 24.3 Å². The molecule has 1 aliphatic rings. The first-order chi connectivity index (χ1) is 8.75. The van der Waals surface area contributed by atoms with Gasteiger partial charge in [-0.15, -0.1) is 0 Å². The van der Waals surface area contributed by atoms with Gasteiger partial charge in [0.2, 0.25) is 0 Å². The van der Waals surface area contributed by atoms with E-state index in [1.807, 2.05) is 10.9 Å². The van der Waals surface area contributed by atoms with Gasteiger partial charge in [-0.2, -0.15) is 5.10 Å². The molecule has 0 radical (unpaired) electrons. The molecule has 1 saturated carbocycles. The summed E-state index contributed by atoms with van der Waals surface area (Å²) in [5.41, 5.74) is 0. The van der Waals surface area contributed by atoms with E-state index in [-0.39, 0.29) is 0 Å². The summed E-state index contributed by atoms with van der Waals surface area (Å²) in [6, 6.07) is 0.392. The van der Waals surface area contributed by atoms with E-state index in [0.29, 0.717) is 6.04 Å². The largest absolute Gasteiger partial charge is 0.489 e. The second-order valence-corrected chi connectivity index (χ2v) is 5.45. The van der Waals surface area contributed by atoms with Crippen molar-refractivity contribution in [2.24, 2.45) is 5.92 Å². The summed E-state index contributed by atoms with van der Waals surface area (Å²) in [5, 5.41) is 7.72. The third-order valence-corrected chi connectivity index (χ3v) is 3.56. The average Bonchev–Trinajstić information content (AvgIpc) is 2.98. The fraction of sp³-hybridized carbons (Fsp3) is 0.786. The van der Waals surface area contributed by atoms with Gasteiger partial charge in [-0.05, 0) is 39.2 Å². The molecule has 0 spiro atoms. The maximum atomic E-state index is 5.66. The lowest BCUT2D eigenvalue weighted by Gasteiger charge is -2.10. The van der Waals surface area contributed by atoms with Gasteiger partial charge in [0.1, 0.15) is 6.61 Å². The standard InChI is InChI=1S/C14H25N3O/c1-12(2)17-11-14(10-16-17)18-8-7-15-9-13-5-3-4-6-13/h10-13,15H,3-9H2,1-2H3. The third kappa shape index (κ3) is 4.02. The Morgan fingerprint density at radius 2 is 2.22 bits per heavy atom. The van der Waals surface area contributed by atoms with Crippen LogP contribution in [0, 0.1) is 5.92 Å². The van der Waals surface area contributed by atoms with Crippen LogP contribution < -0.4 is 10.1 Å². The number of aromatic nitrogens is 2. The molecule has 0 unspecified atom stereocenters. The first kappa shape index (κ1) is 13.4. The lowest BCUT2D eigenvalue weighted by atomic mass is 10.1. The molecule has 0 saturated heterocycles. The molecule has 1 heterocycles. The molecule has 1 aromatic heterocycles. The Bertz CT molecular complexity index is 343. The van der Waals surface area contributed by atoms with Crippen LogP contribution in [-0.2, 0) is 0 Å². The van der Waals surface area contributed by atoms with Gasteiger partial charge in [0, 0.05) is 12.6 Å². The van der Waals surface area contributed by atoms with Crippen molar-refractivity contribution in [2.45, 2.75) is 45.6 Å². The zero-order chi connectivity index (χ0) is 12.8. The number of nitrogens with one attached hydrogen (secondary N) is 1. The molecule has 0 aliphatic heterocycles. The van der Waals surface area contributed by atoms with Gasteiger partial charge in [-0.25, -0.2) is 0 Å². The van der Waals surface area contributed by atoms with Gasteiger partial charge in [0.25, 0.3) is 0 Å². The Labute approximate surface area is 110 Å². The van der Waals surface area contributed by atoms with E-state index in [4.69, 9.17) is 4.74 Å². The first-order valence-corrected chi connectivity index (χ1v) is 7.13. The van der Waals surface area contributed by atoms with Crippen LogP contribution in [0.1, 0.15) is 45.6 Å². The number of hydrogen-bond acceptors (Lipinski definition) is 3. The summed E-state index contributed by atoms with van der Waals surface area (Å²) < 4.78 is 7.57. The van der Waals surface area contributed by atoms with Gasteiger partial charge < -0.3 is 10.1 Å².